The van der Waals surface area contributed by atoms with Gasteiger partial charge in [0.15, 0.2) is 18.1 Å². The number of amides is 1. The van der Waals surface area contributed by atoms with E-state index in [-0.39, 0.29) is 12.2 Å². The van der Waals surface area contributed by atoms with Crippen molar-refractivity contribution >= 4 is 33.5 Å². The summed E-state index contributed by atoms with van der Waals surface area (Å²) in [5.74, 6) is 0.381. The molecular weight excluding hydrogens is 468 g/mol. The van der Waals surface area contributed by atoms with Gasteiger partial charge in [-0.05, 0) is 60.1 Å². The average molecular weight is 489 g/mol. The monoisotopic (exact) mass is 488 g/mol. The van der Waals surface area contributed by atoms with Crippen LogP contribution in [0.25, 0.3) is 0 Å². The molecule has 0 atom stereocenters. The zero-order chi connectivity index (χ0) is 22.4. The first-order valence-electron chi connectivity index (χ1n) is 9.33. The lowest BCUT2D eigenvalue weighted by molar-refractivity contribution is -0.119. The van der Waals surface area contributed by atoms with Crippen LogP contribution in [0.2, 0.25) is 0 Å². The van der Waals surface area contributed by atoms with Crippen LogP contribution in [0.3, 0.4) is 0 Å². The number of benzene rings is 2. The van der Waals surface area contributed by atoms with Gasteiger partial charge in [0.1, 0.15) is 12.4 Å². The molecule has 0 bridgehead atoms. The van der Waals surface area contributed by atoms with E-state index in [4.69, 9.17) is 18.7 Å². The lowest BCUT2D eigenvalue weighted by Crippen LogP contribution is -2.21. The Morgan fingerprint density at radius 2 is 1.90 bits per heavy atom. The van der Waals surface area contributed by atoms with Crippen LogP contribution in [0.1, 0.15) is 27.4 Å². The predicted molar refractivity (Wildman–Crippen MR) is 116 cm³/mol. The fraction of sp³-hybridized carbons (Fsp3) is 0.227. The van der Waals surface area contributed by atoms with Crippen molar-refractivity contribution in [3.8, 4) is 11.5 Å². The molecule has 0 saturated carbocycles. The third-order valence-corrected chi connectivity index (χ3v) is 5.13. The fourth-order valence-corrected chi connectivity index (χ4v) is 3.12. The summed E-state index contributed by atoms with van der Waals surface area (Å²) in [5.41, 5.74) is 2.42. The van der Waals surface area contributed by atoms with Gasteiger partial charge in [-0.2, -0.15) is 0 Å². The molecule has 3 rings (SSSR count). The molecule has 162 valence electrons. The van der Waals surface area contributed by atoms with E-state index in [2.05, 4.69) is 26.4 Å². The maximum absolute atomic E-state index is 12.4. The highest BCUT2D eigenvalue weighted by atomic mass is 79.9. The molecule has 0 aliphatic heterocycles. The summed E-state index contributed by atoms with van der Waals surface area (Å²) in [7, 11) is 1.47. The maximum atomic E-state index is 12.4. The minimum atomic E-state index is -0.655. The van der Waals surface area contributed by atoms with Crippen molar-refractivity contribution in [1.29, 1.82) is 0 Å². The van der Waals surface area contributed by atoms with Gasteiger partial charge in [-0.25, -0.2) is 4.79 Å². The topological polar surface area (TPSA) is 99.9 Å². The Bertz CT molecular complexity index is 1080. The van der Waals surface area contributed by atoms with Gasteiger partial charge in [-0.3, -0.25) is 4.79 Å². The summed E-state index contributed by atoms with van der Waals surface area (Å²) in [4.78, 5) is 24.4. The summed E-state index contributed by atoms with van der Waals surface area (Å²) in [6, 6.07) is 11.8. The molecule has 0 saturated heterocycles. The zero-order valence-corrected chi connectivity index (χ0v) is 18.8. The number of methoxy groups -OCH3 is 1. The van der Waals surface area contributed by atoms with Crippen LogP contribution in [0, 0.1) is 13.8 Å². The summed E-state index contributed by atoms with van der Waals surface area (Å²) in [5, 5.41) is 6.56. The van der Waals surface area contributed by atoms with Crippen LogP contribution in [-0.4, -0.2) is 30.7 Å². The molecule has 8 nitrogen and oxygen atoms in total. The minimum absolute atomic E-state index is 0.232. The number of carbonyl (C=O) groups excluding carboxylic acids is 2. The van der Waals surface area contributed by atoms with Gasteiger partial charge in [0.05, 0.1) is 29.6 Å². The first-order chi connectivity index (χ1) is 14.9. The number of rotatable bonds is 8. The fourth-order valence-electron chi connectivity index (χ4n) is 2.73. The maximum Gasteiger partial charge on any atom is 0.338 e. The number of aromatic nitrogens is 1. The number of para-hydroxylation sites is 1. The number of anilines is 1. The molecule has 1 amide bonds. The molecule has 1 heterocycles. The first-order valence-corrected chi connectivity index (χ1v) is 10.1. The summed E-state index contributed by atoms with van der Waals surface area (Å²) in [6.07, 6.45) is 0. The van der Waals surface area contributed by atoms with Crippen molar-refractivity contribution in [3.63, 3.8) is 0 Å². The number of aryl methyl sites for hydroxylation is 2. The Balaban J connectivity index is 1.60. The number of esters is 1. The largest absolute Gasteiger partial charge is 0.493 e. The Labute approximate surface area is 187 Å². The average Bonchev–Trinajstić information content (AvgIpc) is 3.09. The summed E-state index contributed by atoms with van der Waals surface area (Å²) in [6.45, 7) is 3.46. The second kappa shape index (κ2) is 10.1. The van der Waals surface area contributed by atoms with E-state index >= 15 is 0 Å². The molecule has 0 spiro atoms. The third kappa shape index (κ3) is 5.64. The van der Waals surface area contributed by atoms with Crippen molar-refractivity contribution in [1.82, 2.24) is 5.16 Å². The van der Waals surface area contributed by atoms with E-state index in [1.54, 1.807) is 30.3 Å². The lowest BCUT2D eigenvalue weighted by atomic mass is 10.2. The summed E-state index contributed by atoms with van der Waals surface area (Å²) >= 11 is 3.34. The van der Waals surface area contributed by atoms with E-state index in [0.29, 0.717) is 22.9 Å². The molecule has 1 N–H and O–H groups in total. The second-order valence-electron chi connectivity index (χ2n) is 6.56. The van der Waals surface area contributed by atoms with E-state index in [1.165, 1.54) is 13.2 Å². The van der Waals surface area contributed by atoms with Crippen molar-refractivity contribution in [2.24, 2.45) is 0 Å². The number of nitrogens with zero attached hydrogens (tertiary/aromatic N) is 1. The number of nitrogens with one attached hydrogen (secondary N) is 1. The van der Waals surface area contributed by atoms with Crippen molar-refractivity contribution < 1.29 is 28.3 Å². The molecule has 0 unspecified atom stereocenters. The van der Waals surface area contributed by atoms with Crippen molar-refractivity contribution in [2.75, 3.05) is 19.0 Å². The third-order valence-electron chi connectivity index (χ3n) is 4.43. The van der Waals surface area contributed by atoms with Gasteiger partial charge in [-0.15, -0.1) is 0 Å². The van der Waals surface area contributed by atoms with Crippen LogP contribution in [0.4, 0.5) is 5.69 Å². The zero-order valence-electron chi connectivity index (χ0n) is 17.2. The van der Waals surface area contributed by atoms with E-state index in [9.17, 15) is 9.59 Å². The van der Waals surface area contributed by atoms with Crippen LogP contribution < -0.4 is 14.8 Å². The Morgan fingerprint density at radius 1 is 1.13 bits per heavy atom. The summed E-state index contributed by atoms with van der Waals surface area (Å²) < 4.78 is 22.1. The van der Waals surface area contributed by atoms with Gasteiger partial charge in [0.2, 0.25) is 0 Å². The molecule has 31 heavy (non-hydrogen) atoms. The number of hydrogen-bond donors (Lipinski definition) is 1. The highest BCUT2D eigenvalue weighted by Crippen LogP contribution is 2.30. The van der Waals surface area contributed by atoms with Gasteiger partial charge in [0, 0.05) is 4.47 Å². The molecule has 0 aliphatic carbocycles. The quantitative estimate of drug-likeness (QED) is 0.467. The number of halogens is 1. The molecule has 0 fully saturated rings. The number of hydrogen-bond acceptors (Lipinski definition) is 7. The van der Waals surface area contributed by atoms with Crippen molar-refractivity contribution in [3.05, 3.63) is 69.5 Å². The van der Waals surface area contributed by atoms with Gasteiger partial charge < -0.3 is 24.1 Å². The highest BCUT2D eigenvalue weighted by molar-refractivity contribution is 9.10. The smallest absolute Gasteiger partial charge is 0.338 e. The minimum Gasteiger partial charge on any atom is -0.493 e. The SMILES string of the molecule is COc1cc(C(=O)OCC(=O)Nc2ccccc2Br)ccc1OCc1c(C)noc1C. The van der Waals surface area contributed by atoms with Crippen LogP contribution in [-0.2, 0) is 16.1 Å². The lowest BCUT2D eigenvalue weighted by Gasteiger charge is -2.12. The van der Waals surface area contributed by atoms with E-state index in [1.807, 2.05) is 19.9 Å². The molecular formula is C22H21BrN2O6. The number of ether oxygens (including phenoxy) is 3. The standard InChI is InChI=1S/C22H21BrN2O6/c1-13-16(14(2)31-25-13)11-29-19-9-8-15(10-20(19)28-3)22(27)30-12-21(26)24-18-7-5-4-6-17(18)23/h4-10H,11-12H2,1-3H3,(H,24,26). The Kier molecular flexibility index (Phi) is 7.30. The molecule has 9 heteroatoms. The first kappa shape index (κ1) is 22.4. The molecule has 3 aromatic rings. The Hall–Kier alpha value is -3.33. The molecule has 1 aromatic heterocycles. The van der Waals surface area contributed by atoms with Crippen LogP contribution >= 0.6 is 15.9 Å². The van der Waals surface area contributed by atoms with Gasteiger partial charge in [0.25, 0.3) is 5.91 Å². The van der Waals surface area contributed by atoms with E-state index in [0.717, 1.165) is 15.7 Å². The molecule has 2 aromatic carbocycles. The predicted octanol–water partition coefficient (Wildman–Crippen LogP) is 4.44. The highest BCUT2D eigenvalue weighted by Gasteiger charge is 2.16. The normalized spacial score (nSPS) is 10.5. The van der Waals surface area contributed by atoms with E-state index < -0.39 is 18.5 Å². The van der Waals surface area contributed by atoms with Gasteiger partial charge >= 0.3 is 5.97 Å². The molecule has 0 aliphatic rings. The van der Waals surface area contributed by atoms with Crippen LogP contribution in [0.15, 0.2) is 51.5 Å². The Morgan fingerprint density at radius 3 is 2.58 bits per heavy atom. The second-order valence-corrected chi connectivity index (χ2v) is 7.42. The molecule has 0 radical (unpaired) electrons. The van der Waals surface area contributed by atoms with Gasteiger partial charge in [-0.1, -0.05) is 17.3 Å². The van der Waals surface area contributed by atoms with Crippen LogP contribution in [0.5, 0.6) is 11.5 Å². The number of carbonyl (C=O) groups is 2. The van der Waals surface area contributed by atoms with Crippen molar-refractivity contribution in [2.45, 2.75) is 20.5 Å².